The van der Waals surface area contributed by atoms with Gasteiger partial charge in [0, 0.05) is 12.1 Å². The van der Waals surface area contributed by atoms with Crippen LogP contribution in [0.15, 0.2) is 36.4 Å². The summed E-state index contributed by atoms with van der Waals surface area (Å²) >= 11 is 0. The first-order valence-electron chi connectivity index (χ1n) is 5.90. The van der Waals surface area contributed by atoms with Gasteiger partial charge in [-0.05, 0) is 17.7 Å². The van der Waals surface area contributed by atoms with Gasteiger partial charge in [-0.2, -0.15) is 0 Å². The molecule has 1 heterocycles. The monoisotopic (exact) mass is 277 g/mol. The van der Waals surface area contributed by atoms with Gasteiger partial charge in [0.05, 0.1) is 17.6 Å². The summed E-state index contributed by atoms with van der Waals surface area (Å²) in [6.45, 7) is 0.227. The molecule has 20 heavy (non-hydrogen) atoms. The van der Waals surface area contributed by atoms with Gasteiger partial charge in [0.2, 0.25) is 5.95 Å². The first-order chi connectivity index (χ1) is 9.54. The zero-order valence-electron chi connectivity index (χ0n) is 10.3. The van der Waals surface area contributed by atoms with E-state index in [0.717, 1.165) is 12.1 Å². The molecule has 2 aromatic carbocycles. The molecule has 0 radical (unpaired) electrons. The van der Waals surface area contributed by atoms with Crippen LogP contribution < -0.4 is 5.73 Å². The Bertz CT molecular complexity index is 796. The van der Waals surface area contributed by atoms with Crippen molar-refractivity contribution in [3.63, 3.8) is 0 Å². The molecule has 1 aromatic heterocycles. The molecule has 0 aliphatic carbocycles. The zero-order chi connectivity index (χ0) is 14.3. The molecule has 0 bridgehead atoms. The number of halogens is 3. The van der Waals surface area contributed by atoms with E-state index >= 15 is 0 Å². The van der Waals surface area contributed by atoms with E-state index in [1.807, 2.05) is 0 Å². The second-order valence-electron chi connectivity index (χ2n) is 4.44. The number of nitrogen functional groups attached to an aromatic ring is 1. The molecule has 0 saturated heterocycles. The molecule has 0 unspecified atom stereocenters. The highest BCUT2D eigenvalue weighted by molar-refractivity contribution is 5.78. The van der Waals surface area contributed by atoms with Gasteiger partial charge in [-0.3, -0.25) is 0 Å². The Kier molecular flexibility index (Phi) is 2.85. The fourth-order valence-electron chi connectivity index (χ4n) is 2.12. The van der Waals surface area contributed by atoms with E-state index in [9.17, 15) is 13.2 Å². The molecule has 0 fully saturated rings. The van der Waals surface area contributed by atoms with Crippen LogP contribution in [-0.4, -0.2) is 9.55 Å². The number of hydrogen-bond donors (Lipinski definition) is 1. The van der Waals surface area contributed by atoms with Gasteiger partial charge in [0.1, 0.15) is 5.82 Å². The number of nitrogens with zero attached hydrogens (tertiary/aromatic N) is 2. The maximum absolute atomic E-state index is 13.3. The third-order valence-electron chi connectivity index (χ3n) is 3.05. The summed E-state index contributed by atoms with van der Waals surface area (Å²) in [5.41, 5.74) is 7.03. The Hall–Kier alpha value is -2.50. The van der Waals surface area contributed by atoms with Gasteiger partial charge in [0.15, 0.2) is 11.6 Å². The number of fused-ring (bicyclic) bond motifs is 1. The molecule has 2 N–H and O–H groups in total. The largest absolute Gasteiger partial charge is 0.369 e. The molecule has 0 amide bonds. The summed E-state index contributed by atoms with van der Waals surface area (Å²) in [5.74, 6) is -2.21. The van der Waals surface area contributed by atoms with Crippen LogP contribution in [0.25, 0.3) is 11.0 Å². The molecule has 0 atom stereocenters. The number of nitrogens with two attached hydrogens (primary N) is 1. The van der Waals surface area contributed by atoms with E-state index in [1.165, 1.54) is 16.7 Å². The van der Waals surface area contributed by atoms with Crippen molar-refractivity contribution in [3.05, 3.63) is 59.4 Å². The fourth-order valence-corrected chi connectivity index (χ4v) is 2.12. The predicted octanol–water partition coefficient (Wildman–Crippen LogP) is 3.08. The summed E-state index contributed by atoms with van der Waals surface area (Å²) in [7, 11) is 0. The average molecular weight is 277 g/mol. The SMILES string of the molecule is Nc1nc2cc(F)c(F)cc2n1Cc1cccc(F)c1. The molecule has 6 heteroatoms. The summed E-state index contributed by atoms with van der Waals surface area (Å²) in [6, 6.07) is 7.99. The van der Waals surface area contributed by atoms with Crippen LogP contribution in [0.5, 0.6) is 0 Å². The maximum atomic E-state index is 13.3. The lowest BCUT2D eigenvalue weighted by Crippen LogP contribution is -2.05. The first kappa shape index (κ1) is 12.5. The molecule has 102 valence electrons. The molecule has 0 spiro atoms. The van der Waals surface area contributed by atoms with Crippen LogP contribution >= 0.6 is 0 Å². The summed E-state index contributed by atoms with van der Waals surface area (Å²) in [6.07, 6.45) is 0. The molecular formula is C14H10F3N3. The van der Waals surface area contributed by atoms with Gasteiger partial charge >= 0.3 is 0 Å². The van der Waals surface area contributed by atoms with E-state index < -0.39 is 11.6 Å². The molecular weight excluding hydrogens is 267 g/mol. The van der Waals surface area contributed by atoms with Crippen molar-refractivity contribution in [2.24, 2.45) is 0 Å². The van der Waals surface area contributed by atoms with E-state index in [1.54, 1.807) is 12.1 Å². The minimum absolute atomic E-state index is 0.120. The van der Waals surface area contributed by atoms with Crippen LogP contribution in [0.4, 0.5) is 19.1 Å². The van der Waals surface area contributed by atoms with Crippen LogP contribution in [0.3, 0.4) is 0 Å². The van der Waals surface area contributed by atoms with Crippen molar-refractivity contribution >= 4 is 17.0 Å². The van der Waals surface area contributed by atoms with Gasteiger partial charge in [-0.1, -0.05) is 12.1 Å². The van der Waals surface area contributed by atoms with Gasteiger partial charge < -0.3 is 10.3 Å². The van der Waals surface area contributed by atoms with Crippen molar-refractivity contribution < 1.29 is 13.2 Å². The minimum atomic E-state index is -0.979. The normalized spacial score (nSPS) is 11.2. The van der Waals surface area contributed by atoms with E-state index in [0.29, 0.717) is 11.1 Å². The summed E-state index contributed by atoms with van der Waals surface area (Å²) < 4.78 is 41.1. The number of hydrogen-bond acceptors (Lipinski definition) is 2. The maximum Gasteiger partial charge on any atom is 0.201 e. The van der Waals surface area contributed by atoms with E-state index in [2.05, 4.69) is 4.98 Å². The van der Waals surface area contributed by atoms with Crippen molar-refractivity contribution in [1.82, 2.24) is 9.55 Å². The lowest BCUT2D eigenvalue weighted by molar-refractivity contribution is 0.510. The highest BCUT2D eigenvalue weighted by atomic mass is 19.2. The average Bonchev–Trinajstić information content (AvgIpc) is 2.67. The van der Waals surface area contributed by atoms with Crippen LogP contribution in [0, 0.1) is 17.5 Å². The third kappa shape index (κ3) is 2.09. The van der Waals surface area contributed by atoms with E-state index in [-0.39, 0.29) is 23.8 Å². The molecule has 0 aliphatic heterocycles. The second-order valence-corrected chi connectivity index (χ2v) is 4.44. The minimum Gasteiger partial charge on any atom is -0.369 e. The number of anilines is 1. The highest BCUT2D eigenvalue weighted by Gasteiger charge is 2.13. The van der Waals surface area contributed by atoms with Crippen molar-refractivity contribution in [3.8, 4) is 0 Å². The number of rotatable bonds is 2. The highest BCUT2D eigenvalue weighted by Crippen LogP contribution is 2.22. The Morgan fingerprint density at radius 1 is 1.05 bits per heavy atom. The van der Waals surface area contributed by atoms with Crippen LogP contribution in [0.2, 0.25) is 0 Å². The Morgan fingerprint density at radius 3 is 2.55 bits per heavy atom. The van der Waals surface area contributed by atoms with Crippen molar-refractivity contribution in [2.45, 2.75) is 6.54 Å². The van der Waals surface area contributed by atoms with Crippen molar-refractivity contribution in [2.75, 3.05) is 5.73 Å². The predicted molar refractivity (Wildman–Crippen MR) is 69.6 cm³/mol. The second kappa shape index (κ2) is 4.56. The topological polar surface area (TPSA) is 43.8 Å². The smallest absolute Gasteiger partial charge is 0.201 e. The zero-order valence-corrected chi connectivity index (χ0v) is 10.3. The fraction of sp³-hybridized carbons (Fsp3) is 0.0714. The number of benzene rings is 2. The van der Waals surface area contributed by atoms with Crippen molar-refractivity contribution in [1.29, 1.82) is 0 Å². The Morgan fingerprint density at radius 2 is 1.80 bits per heavy atom. The number of aromatic nitrogens is 2. The van der Waals surface area contributed by atoms with E-state index in [4.69, 9.17) is 5.73 Å². The molecule has 0 saturated carbocycles. The van der Waals surface area contributed by atoms with Gasteiger partial charge in [0.25, 0.3) is 0 Å². The quantitative estimate of drug-likeness (QED) is 0.782. The van der Waals surface area contributed by atoms with Gasteiger partial charge in [-0.25, -0.2) is 18.2 Å². The molecule has 0 aliphatic rings. The van der Waals surface area contributed by atoms with Gasteiger partial charge in [-0.15, -0.1) is 0 Å². The summed E-state index contributed by atoms with van der Waals surface area (Å²) in [4.78, 5) is 3.97. The van der Waals surface area contributed by atoms with Crippen LogP contribution in [0.1, 0.15) is 5.56 Å². The molecule has 3 nitrogen and oxygen atoms in total. The molecule has 3 rings (SSSR count). The lowest BCUT2D eigenvalue weighted by Gasteiger charge is -2.07. The lowest BCUT2D eigenvalue weighted by atomic mass is 10.2. The third-order valence-corrected chi connectivity index (χ3v) is 3.05. The van der Waals surface area contributed by atoms with Crippen LogP contribution in [-0.2, 0) is 6.54 Å². The standard InChI is InChI=1S/C14H10F3N3/c15-9-3-1-2-8(4-9)7-20-13-6-11(17)10(16)5-12(13)19-14(20)18/h1-6H,7H2,(H2,18,19). The Balaban J connectivity index is 2.11. The summed E-state index contributed by atoms with van der Waals surface area (Å²) in [5, 5.41) is 0. The number of imidazole rings is 1. The molecule has 3 aromatic rings. The first-order valence-corrected chi connectivity index (χ1v) is 5.90. The Labute approximate surface area is 112 Å².